The average Bonchev–Trinajstić information content (AvgIpc) is 2.78. The number of hydrogen-bond donors (Lipinski definition) is 5. The number of morpholine rings is 1. The van der Waals surface area contributed by atoms with Gasteiger partial charge in [0, 0.05) is 20.1 Å². The fraction of sp³-hybridized carbons (Fsp3) is 0.957. The molecule has 1 rings (SSSR count). The van der Waals surface area contributed by atoms with Crippen LogP contribution in [0.1, 0.15) is 54.9 Å². The summed E-state index contributed by atoms with van der Waals surface area (Å²) in [5.74, 6) is -7.52. The molecular weight excluding hydrogens is 572 g/mol. The number of hydrogen-bond acceptors (Lipinski definition) is 12. The van der Waals surface area contributed by atoms with Crippen molar-refractivity contribution in [3.63, 3.8) is 0 Å². The number of aliphatic hydroxyl groups excluding tert-OH is 1. The number of methoxy groups -OCH3 is 2. The first kappa shape index (κ1) is 37.0. The molecular formula is C23H48N4O11S2. The molecule has 1 heterocycles. The molecule has 1 amide bonds. The number of primary amides is 1. The summed E-state index contributed by atoms with van der Waals surface area (Å²) < 4.78 is 82.8. The number of nitrogens with zero attached hydrogens (tertiary/aromatic N) is 1. The zero-order chi connectivity index (χ0) is 31.8. The lowest BCUT2D eigenvalue weighted by atomic mass is 9.79. The molecule has 0 radical (unpaired) electrons. The maximum absolute atomic E-state index is 14.7. The van der Waals surface area contributed by atoms with Gasteiger partial charge in [-0.05, 0) is 40.2 Å². The first-order valence-electron chi connectivity index (χ1n) is 12.8. The molecule has 15 nitrogen and oxygen atoms in total. The second-order valence-corrected chi connectivity index (χ2v) is 15.0. The normalized spacial score (nSPS) is 32.1. The molecule has 0 aromatic carbocycles. The van der Waals surface area contributed by atoms with Crippen molar-refractivity contribution in [2.24, 2.45) is 17.6 Å². The number of nitrogens with two attached hydrogens (primary N) is 1. The molecule has 0 saturated carbocycles. The van der Waals surface area contributed by atoms with E-state index in [-0.39, 0.29) is 12.3 Å². The van der Waals surface area contributed by atoms with Crippen molar-refractivity contribution in [1.29, 1.82) is 0 Å². The highest BCUT2D eigenvalue weighted by Gasteiger charge is 2.80. The predicted molar refractivity (Wildman–Crippen MR) is 146 cm³/mol. The van der Waals surface area contributed by atoms with Gasteiger partial charge in [-0.2, -0.15) is 4.72 Å². The second kappa shape index (κ2) is 12.3. The third-order valence-electron chi connectivity index (χ3n) is 6.88. The molecule has 0 bridgehead atoms. The van der Waals surface area contributed by atoms with Gasteiger partial charge in [0.1, 0.15) is 5.60 Å². The van der Waals surface area contributed by atoms with Crippen molar-refractivity contribution in [1.82, 2.24) is 14.3 Å². The van der Waals surface area contributed by atoms with Crippen LogP contribution in [-0.4, -0.2) is 112 Å². The number of ether oxygens (including phenoxy) is 4. The third-order valence-corrected chi connectivity index (χ3v) is 9.78. The molecule has 0 aromatic rings. The number of carbonyl (C=O) groups excluding carboxylic acids is 1. The summed E-state index contributed by atoms with van der Waals surface area (Å²) in [5, 5.41) is 24.1. The molecule has 238 valence electrons. The highest BCUT2D eigenvalue weighted by molar-refractivity contribution is 7.91. The van der Waals surface area contributed by atoms with Crippen molar-refractivity contribution in [2.45, 2.75) is 88.8 Å². The Morgan fingerprint density at radius 1 is 1.12 bits per heavy atom. The van der Waals surface area contributed by atoms with Crippen LogP contribution in [0.5, 0.6) is 0 Å². The van der Waals surface area contributed by atoms with E-state index in [4.69, 9.17) is 24.7 Å². The molecule has 0 aliphatic carbocycles. The van der Waals surface area contributed by atoms with Crippen LogP contribution in [0.25, 0.3) is 0 Å². The average molecular weight is 621 g/mol. The van der Waals surface area contributed by atoms with E-state index in [2.05, 4.69) is 10.0 Å². The van der Waals surface area contributed by atoms with Gasteiger partial charge in [-0.15, -0.1) is 4.31 Å². The minimum Gasteiger partial charge on any atom is -0.392 e. The van der Waals surface area contributed by atoms with Crippen LogP contribution < -0.4 is 15.8 Å². The summed E-state index contributed by atoms with van der Waals surface area (Å²) in [6, 6.07) is 0. The fourth-order valence-electron chi connectivity index (χ4n) is 5.52. The van der Waals surface area contributed by atoms with Gasteiger partial charge in [0.05, 0.1) is 25.6 Å². The molecule has 6 N–H and O–H groups in total. The summed E-state index contributed by atoms with van der Waals surface area (Å²) in [6.45, 7) is 9.29. The molecule has 1 saturated heterocycles. The number of aliphatic hydroxyl groups is 2. The Hall–Kier alpha value is -0.990. The Morgan fingerprint density at radius 2 is 1.65 bits per heavy atom. The van der Waals surface area contributed by atoms with Crippen LogP contribution in [0.15, 0.2) is 0 Å². The molecule has 1 aliphatic heterocycles. The summed E-state index contributed by atoms with van der Waals surface area (Å²) in [5.41, 5.74) is 1.05. The minimum atomic E-state index is -5.63. The third kappa shape index (κ3) is 5.79. The van der Waals surface area contributed by atoms with E-state index in [1.165, 1.54) is 28.2 Å². The summed E-state index contributed by atoms with van der Waals surface area (Å²) in [6.07, 6.45) is -0.192. The van der Waals surface area contributed by atoms with Gasteiger partial charge in [-0.3, -0.25) is 10.1 Å². The summed E-state index contributed by atoms with van der Waals surface area (Å²) in [7, 11) is -6.18. The van der Waals surface area contributed by atoms with Crippen LogP contribution >= 0.6 is 0 Å². The Balaban J connectivity index is 4.81. The van der Waals surface area contributed by atoms with E-state index in [1.54, 1.807) is 41.5 Å². The van der Waals surface area contributed by atoms with E-state index < -0.39 is 79.0 Å². The number of sulfonamides is 2. The lowest BCUT2D eigenvalue weighted by molar-refractivity contribution is -0.464. The van der Waals surface area contributed by atoms with E-state index in [0.29, 0.717) is 4.31 Å². The number of amides is 1. The van der Waals surface area contributed by atoms with E-state index in [0.717, 1.165) is 6.26 Å². The first-order chi connectivity index (χ1) is 18.0. The van der Waals surface area contributed by atoms with Gasteiger partial charge in [-0.25, -0.2) is 16.8 Å². The molecule has 17 heteroatoms. The molecule has 5 atom stereocenters. The lowest BCUT2D eigenvalue weighted by Gasteiger charge is -2.69. The topological polar surface area (TPSA) is 216 Å². The zero-order valence-corrected chi connectivity index (χ0v) is 26.9. The molecule has 5 unspecified atom stereocenters. The second-order valence-electron chi connectivity index (χ2n) is 11.3. The van der Waals surface area contributed by atoms with Crippen LogP contribution in [0.3, 0.4) is 0 Å². The van der Waals surface area contributed by atoms with Gasteiger partial charge in [0.15, 0.2) is 11.5 Å². The number of carbonyl (C=O) groups is 1. The molecule has 0 aromatic heterocycles. The first-order valence-corrected chi connectivity index (χ1v) is 16.1. The smallest absolute Gasteiger partial charge is 0.282 e. The molecule has 0 spiro atoms. The molecule has 1 fully saturated rings. The van der Waals surface area contributed by atoms with Crippen LogP contribution in [0, 0.1) is 11.8 Å². The van der Waals surface area contributed by atoms with Crippen molar-refractivity contribution < 1.29 is 50.8 Å². The monoisotopic (exact) mass is 620 g/mol. The highest BCUT2D eigenvalue weighted by atomic mass is 32.2. The summed E-state index contributed by atoms with van der Waals surface area (Å²) in [4.78, 5) is 8.91. The maximum Gasteiger partial charge on any atom is 0.282 e. The standard InChI is InChI=1S/C23H48N4O11S2/c1-15(2)12-21(37-17(5)6)22(36-10,16(3)4)38-19(7,14-35-9)23(25-8,26-39(11,31)32)27(21)40(33,34)20(30,13-28)18(24)29/h15-17,25-26,28,30H,12-14H2,1-11H3,(H2,24,29). The van der Waals surface area contributed by atoms with Gasteiger partial charge in [0.25, 0.3) is 20.9 Å². The number of nitrogens with one attached hydrogen (secondary N) is 2. The van der Waals surface area contributed by atoms with Gasteiger partial charge in [0.2, 0.25) is 15.8 Å². The maximum atomic E-state index is 14.7. The van der Waals surface area contributed by atoms with Crippen LogP contribution in [-0.2, 0) is 43.8 Å². The Labute approximate surface area is 238 Å². The Kier molecular flexibility index (Phi) is 11.4. The fourth-order valence-corrected chi connectivity index (χ4v) is 8.57. The highest BCUT2D eigenvalue weighted by Crippen LogP contribution is 2.57. The van der Waals surface area contributed by atoms with E-state index in [9.17, 15) is 31.8 Å². The SMILES string of the molecule is CNC1(NS(C)(=O)=O)N(S(=O)(=O)C(O)(CO)C(N)=O)C(CC(C)C)(OC(C)C)C(OC)(C(C)C)OC1(C)COC. The molecule has 1 aliphatic rings. The predicted octanol–water partition coefficient (Wildman–Crippen LogP) is -1.19. The van der Waals surface area contributed by atoms with Crippen LogP contribution in [0.4, 0.5) is 0 Å². The number of rotatable bonds is 15. The van der Waals surface area contributed by atoms with Crippen molar-refractivity contribution in [3.05, 3.63) is 0 Å². The Morgan fingerprint density at radius 3 is 1.95 bits per heavy atom. The lowest BCUT2D eigenvalue weighted by Crippen LogP contribution is -2.94. The molecule has 40 heavy (non-hydrogen) atoms. The van der Waals surface area contributed by atoms with Crippen molar-refractivity contribution >= 4 is 26.0 Å². The quantitative estimate of drug-likeness (QED) is 0.137. The van der Waals surface area contributed by atoms with Crippen molar-refractivity contribution in [2.75, 3.05) is 40.7 Å². The van der Waals surface area contributed by atoms with Gasteiger partial charge < -0.3 is 34.9 Å². The Bertz CT molecular complexity index is 1110. The van der Waals surface area contributed by atoms with E-state index >= 15 is 0 Å². The summed E-state index contributed by atoms with van der Waals surface area (Å²) >= 11 is 0. The van der Waals surface area contributed by atoms with Gasteiger partial charge in [-0.1, -0.05) is 27.7 Å². The van der Waals surface area contributed by atoms with E-state index in [1.807, 2.05) is 0 Å². The zero-order valence-electron chi connectivity index (χ0n) is 25.3. The van der Waals surface area contributed by atoms with Crippen molar-refractivity contribution in [3.8, 4) is 0 Å². The number of likely N-dealkylation sites (N-methyl/N-ethyl adjacent to an activating group) is 1. The minimum absolute atomic E-state index is 0.214. The van der Waals surface area contributed by atoms with Gasteiger partial charge >= 0.3 is 0 Å². The largest absolute Gasteiger partial charge is 0.392 e. The van der Waals surface area contributed by atoms with Crippen LogP contribution in [0.2, 0.25) is 0 Å².